The van der Waals surface area contributed by atoms with Crippen molar-refractivity contribution in [2.75, 3.05) is 4.72 Å². The van der Waals surface area contributed by atoms with Crippen LogP contribution < -0.4 is 4.72 Å². The molecule has 0 saturated heterocycles. The number of rotatable bonds is 4. The van der Waals surface area contributed by atoms with E-state index in [1.54, 1.807) is 0 Å². The van der Waals surface area contributed by atoms with Crippen LogP contribution in [0, 0.1) is 5.82 Å². The second-order valence-electron chi connectivity index (χ2n) is 3.79. The highest BCUT2D eigenvalue weighted by molar-refractivity contribution is 7.92. The van der Waals surface area contributed by atoms with E-state index in [2.05, 4.69) is 9.71 Å². The first-order valence-corrected chi connectivity index (χ1v) is 6.84. The molecule has 0 aliphatic heterocycles. The summed E-state index contributed by atoms with van der Waals surface area (Å²) < 4.78 is 38.9. The van der Waals surface area contributed by atoms with Gasteiger partial charge in [-0.25, -0.2) is 22.6 Å². The van der Waals surface area contributed by atoms with E-state index in [4.69, 9.17) is 5.11 Å². The fraction of sp³-hybridized carbons (Fsp3) is 0. The Bertz CT molecular complexity index is 744. The number of pyridine rings is 1. The van der Waals surface area contributed by atoms with Crippen molar-refractivity contribution in [3.8, 4) is 0 Å². The van der Waals surface area contributed by atoms with Crippen LogP contribution in [-0.4, -0.2) is 24.5 Å². The third-order valence-corrected chi connectivity index (χ3v) is 3.75. The third-order valence-electron chi connectivity index (χ3n) is 2.36. The van der Waals surface area contributed by atoms with Gasteiger partial charge < -0.3 is 5.11 Å². The first kappa shape index (κ1) is 13.9. The van der Waals surface area contributed by atoms with Crippen LogP contribution in [0.3, 0.4) is 0 Å². The molecule has 8 heteroatoms. The zero-order valence-corrected chi connectivity index (χ0v) is 10.8. The maximum Gasteiger partial charge on any atom is 0.354 e. The maximum atomic E-state index is 12.8. The Morgan fingerprint density at radius 2 is 1.85 bits per heavy atom. The molecule has 0 unspecified atom stereocenters. The van der Waals surface area contributed by atoms with E-state index in [-0.39, 0.29) is 16.3 Å². The number of halogens is 1. The summed E-state index contributed by atoms with van der Waals surface area (Å²) >= 11 is 0. The van der Waals surface area contributed by atoms with Crippen molar-refractivity contribution in [1.29, 1.82) is 0 Å². The van der Waals surface area contributed by atoms with E-state index in [9.17, 15) is 17.6 Å². The lowest BCUT2D eigenvalue weighted by atomic mass is 10.3. The number of carboxylic acid groups (broad SMARTS) is 1. The summed E-state index contributed by atoms with van der Waals surface area (Å²) in [6.45, 7) is 0. The molecule has 0 radical (unpaired) electrons. The van der Waals surface area contributed by atoms with E-state index >= 15 is 0 Å². The molecule has 1 aromatic heterocycles. The number of aromatic nitrogens is 1. The Morgan fingerprint density at radius 3 is 2.45 bits per heavy atom. The van der Waals surface area contributed by atoms with Crippen molar-refractivity contribution in [2.45, 2.75) is 4.90 Å². The average molecular weight is 296 g/mol. The van der Waals surface area contributed by atoms with Crippen LogP contribution in [0.15, 0.2) is 47.5 Å². The van der Waals surface area contributed by atoms with Crippen molar-refractivity contribution in [3.63, 3.8) is 0 Å². The predicted molar refractivity (Wildman–Crippen MR) is 68.4 cm³/mol. The Hall–Kier alpha value is -2.48. The van der Waals surface area contributed by atoms with Crippen LogP contribution in [0.2, 0.25) is 0 Å². The molecule has 1 heterocycles. The molecular weight excluding hydrogens is 287 g/mol. The van der Waals surface area contributed by atoms with Gasteiger partial charge in [0.25, 0.3) is 10.0 Å². The number of aromatic carboxylic acids is 1. The van der Waals surface area contributed by atoms with Gasteiger partial charge in [-0.2, -0.15) is 0 Å². The van der Waals surface area contributed by atoms with Gasteiger partial charge in [0.05, 0.1) is 10.6 Å². The number of hydrogen-bond acceptors (Lipinski definition) is 4. The lowest BCUT2D eigenvalue weighted by Crippen LogP contribution is -2.13. The standard InChI is InChI=1S/C12H9FN2O4S/c13-8-1-3-10(4-2-8)20(18,19)15-9-5-6-14-11(7-9)12(16)17/h1-7H,(H,14,15)(H,16,17). The zero-order valence-electron chi connectivity index (χ0n) is 9.95. The summed E-state index contributed by atoms with van der Waals surface area (Å²) in [7, 11) is -3.91. The molecule has 2 N–H and O–H groups in total. The third kappa shape index (κ3) is 3.09. The number of benzene rings is 1. The minimum Gasteiger partial charge on any atom is -0.477 e. The SMILES string of the molecule is O=C(O)c1cc(NS(=O)(=O)c2ccc(F)cc2)ccn1. The molecule has 0 fully saturated rings. The monoisotopic (exact) mass is 296 g/mol. The quantitative estimate of drug-likeness (QED) is 0.895. The molecule has 104 valence electrons. The minimum atomic E-state index is -3.91. The van der Waals surface area contributed by atoms with E-state index in [1.165, 1.54) is 12.3 Å². The first-order chi connectivity index (χ1) is 9.38. The van der Waals surface area contributed by atoms with Crippen molar-refractivity contribution in [2.24, 2.45) is 0 Å². The topological polar surface area (TPSA) is 96.4 Å². The van der Waals surface area contributed by atoms with Crippen molar-refractivity contribution >= 4 is 21.7 Å². The number of anilines is 1. The summed E-state index contributed by atoms with van der Waals surface area (Å²) in [5.74, 6) is -1.83. The molecule has 0 aliphatic rings. The molecule has 20 heavy (non-hydrogen) atoms. The Kier molecular flexibility index (Phi) is 3.66. The molecule has 0 atom stereocenters. The molecule has 0 saturated carbocycles. The molecule has 0 amide bonds. The fourth-order valence-corrected chi connectivity index (χ4v) is 2.49. The summed E-state index contributed by atoms with van der Waals surface area (Å²) in [6, 6.07) is 6.65. The average Bonchev–Trinajstić information content (AvgIpc) is 2.39. The number of carbonyl (C=O) groups is 1. The highest BCUT2D eigenvalue weighted by Gasteiger charge is 2.15. The molecule has 0 spiro atoms. The van der Waals surface area contributed by atoms with E-state index in [1.807, 2.05) is 0 Å². The number of sulfonamides is 1. The van der Waals surface area contributed by atoms with Gasteiger partial charge in [0, 0.05) is 6.20 Å². The van der Waals surface area contributed by atoms with Gasteiger partial charge >= 0.3 is 5.97 Å². The van der Waals surface area contributed by atoms with Gasteiger partial charge in [-0.15, -0.1) is 0 Å². The van der Waals surface area contributed by atoms with Gasteiger partial charge in [0.1, 0.15) is 11.5 Å². The van der Waals surface area contributed by atoms with Crippen LogP contribution in [0.1, 0.15) is 10.5 Å². The Labute approximate surface area is 114 Å². The number of nitrogens with one attached hydrogen (secondary N) is 1. The van der Waals surface area contributed by atoms with Gasteiger partial charge in [-0.05, 0) is 36.4 Å². The predicted octanol–water partition coefficient (Wildman–Crippen LogP) is 1.72. The summed E-state index contributed by atoms with van der Waals surface area (Å²) in [6.07, 6.45) is 1.17. The van der Waals surface area contributed by atoms with E-state index in [0.29, 0.717) is 0 Å². The van der Waals surface area contributed by atoms with Crippen molar-refractivity contribution in [3.05, 3.63) is 54.1 Å². The maximum absolute atomic E-state index is 12.8. The minimum absolute atomic E-state index is 0.0572. The number of nitrogens with zero attached hydrogens (tertiary/aromatic N) is 1. The van der Waals surface area contributed by atoms with Crippen LogP contribution in [0.25, 0.3) is 0 Å². The van der Waals surface area contributed by atoms with Crippen LogP contribution in [0.5, 0.6) is 0 Å². The highest BCUT2D eigenvalue weighted by atomic mass is 32.2. The molecule has 0 aliphatic carbocycles. The second kappa shape index (κ2) is 5.25. The fourth-order valence-electron chi connectivity index (χ4n) is 1.44. The number of carboxylic acids is 1. The first-order valence-electron chi connectivity index (χ1n) is 5.36. The molecule has 6 nitrogen and oxygen atoms in total. The molecule has 0 bridgehead atoms. The lowest BCUT2D eigenvalue weighted by Gasteiger charge is -2.08. The number of hydrogen-bond donors (Lipinski definition) is 2. The summed E-state index contributed by atoms with van der Waals surface area (Å²) in [5, 5.41) is 8.77. The summed E-state index contributed by atoms with van der Waals surface area (Å²) in [5.41, 5.74) is -0.231. The smallest absolute Gasteiger partial charge is 0.354 e. The van der Waals surface area contributed by atoms with Gasteiger partial charge in [-0.3, -0.25) is 4.72 Å². The van der Waals surface area contributed by atoms with Gasteiger partial charge in [0.15, 0.2) is 0 Å². The zero-order chi connectivity index (χ0) is 14.8. The summed E-state index contributed by atoms with van der Waals surface area (Å²) in [4.78, 5) is 14.2. The highest BCUT2D eigenvalue weighted by Crippen LogP contribution is 2.16. The van der Waals surface area contributed by atoms with Crippen LogP contribution >= 0.6 is 0 Å². The molecular formula is C12H9FN2O4S. The largest absolute Gasteiger partial charge is 0.477 e. The van der Waals surface area contributed by atoms with Crippen LogP contribution in [-0.2, 0) is 10.0 Å². The molecule has 1 aromatic carbocycles. The van der Waals surface area contributed by atoms with E-state index in [0.717, 1.165) is 30.3 Å². The second-order valence-corrected chi connectivity index (χ2v) is 5.48. The molecule has 2 rings (SSSR count). The molecule has 2 aromatic rings. The van der Waals surface area contributed by atoms with Crippen LogP contribution in [0.4, 0.5) is 10.1 Å². The van der Waals surface area contributed by atoms with Crippen molar-refractivity contribution < 1.29 is 22.7 Å². The Balaban J connectivity index is 2.31. The van der Waals surface area contributed by atoms with E-state index < -0.39 is 21.8 Å². The van der Waals surface area contributed by atoms with Crippen molar-refractivity contribution in [1.82, 2.24) is 4.98 Å². The van der Waals surface area contributed by atoms with Gasteiger partial charge in [-0.1, -0.05) is 0 Å². The lowest BCUT2D eigenvalue weighted by molar-refractivity contribution is 0.0690. The normalized spacial score (nSPS) is 11.1. The van der Waals surface area contributed by atoms with Gasteiger partial charge in [0.2, 0.25) is 0 Å². The Morgan fingerprint density at radius 1 is 1.20 bits per heavy atom.